The Hall–Kier alpha value is -3.33. The highest BCUT2D eigenvalue weighted by atomic mass is 32.1. The van der Waals surface area contributed by atoms with Crippen LogP contribution in [0, 0.1) is 0 Å². The van der Waals surface area contributed by atoms with Gasteiger partial charge in [0.1, 0.15) is 0 Å². The predicted octanol–water partition coefficient (Wildman–Crippen LogP) is 2.97. The van der Waals surface area contributed by atoms with Crippen LogP contribution in [0.1, 0.15) is 13.3 Å². The number of nitrogens with zero attached hydrogens (tertiary/aromatic N) is 3. The molecule has 1 unspecified atom stereocenters. The van der Waals surface area contributed by atoms with E-state index in [0.29, 0.717) is 17.6 Å². The fourth-order valence-electron chi connectivity index (χ4n) is 2.26. The zero-order valence-electron chi connectivity index (χ0n) is 15.2. The number of amides is 1. The van der Waals surface area contributed by atoms with Crippen LogP contribution in [0.5, 0.6) is 0 Å². The number of ether oxygens (including phenoxy) is 1. The molecule has 28 heavy (non-hydrogen) atoms. The van der Waals surface area contributed by atoms with Gasteiger partial charge in [-0.1, -0.05) is 30.3 Å². The lowest BCUT2D eigenvalue weighted by Crippen LogP contribution is -2.30. The van der Waals surface area contributed by atoms with E-state index in [1.165, 1.54) is 18.3 Å². The van der Waals surface area contributed by atoms with E-state index in [-0.39, 0.29) is 6.42 Å². The lowest BCUT2D eigenvalue weighted by atomic mass is 10.2. The molecule has 144 valence electrons. The minimum atomic E-state index is -0.926. The molecule has 1 atom stereocenters. The number of rotatable bonds is 8. The third-order valence-corrected chi connectivity index (χ3v) is 4.42. The summed E-state index contributed by atoms with van der Waals surface area (Å²) in [6.45, 7) is 1.83. The monoisotopic (exact) mass is 397 g/mol. The van der Waals surface area contributed by atoms with Crippen LogP contribution < -0.4 is 10.6 Å². The molecule has 0 aliphatic rings. The molecule has 2 heterocycles. The van der Waals surface area contributed by atoms with Crippen molar-refractivity contribution in [1.82, 2.24) is 15.0 Å². The van der Waals surface area contributed by atoms with Crippen LogP contribution >= 0.6 is 11.3 Å². The van der Waals surface area contributed by atoms with Gasteiger partial charge in [-0.05, 0) is 13.0 Å². The van der Waals surface area contributed by atoms with Crippen molar-refractivity contribution in [2.45, 2.75) is 19.4 Å². The van der Waals surface area contributed by atoms with Crippen molar-refractivity contribution in [3.63, 3.8) is 0 Å². The van der Waals surface area contributed by atoms with Crippen LogP contribution in [0.2, 0.25) is 0 Å². The molecule has 0 aliphatic heterocycles. The van der Waals surface area contributed by atoms with Crippen LogP contribution in [0.3, 0.4) is 0 Å². The van der Waals surface area contributed by atoms with Gasteiger partial charge in [-0.2, -0.15) is 0 Å². The van der Waals surface area contributed by atoms with Crippen LogP contribution in [0.15, 0.2) is 54.2 Å². The van der Waals surface area contributed by atoms with Gasteiger partial charge in [0.15, 0.2) is 11.2 Å². The highest BCUT2D eigenvalue weighted by Crippen LogP contribution is 2.24. The average Bonchev–Trinajstić information content (AvgIpc) is 3.18. The van der Waals surface area contributed by atoms with Gasteiger partial charge < -0.3 is 10.1 Å². The Balaban J connectivity index is 1.44. The highest BCUT2D eigenvalue weighted by molar-refractivity contribution is 7.14. The second-order valence-corrected chi connectivity index (χ2v) is 6.63. The number of carbonyl (C=O) groups is 2. The second kappa shape index (κ2) is 9.56. The first-order valence-corrected chi connectivity index (χ1v) is 9.52. The van der Waals surface area contributed by atoms with Gasteiger partial charge in [-0.25, -0.2) is 15.0 Å². The van der Waals surface area contributed by atoms with E-state index in [0.717, 1.165) is 11.3 Å². The van der Waals surface area contributed by atoms with Gasteiger partial charge in [-0.3, -0.25) is 14.9 Å². The third kappa shape index (κ3) is 5.58. The van der Waals surface area contributed by atoms with Crippen molar-refractivity contribution in [3.05, 3.63) is 54.2 Å². The number of nitrogens with one attached hydrogen (secondary N) is 2. The predicted molar refractivity (Wildman–Crippen MR) is 107 cm³/mol. The molecule has 0 saturated heterocycles. The van der Waals surface area contributed by atoms with E-state index in [1.54, 1.807) is 18.5 Å². The molecule has 9 heteroatoms. The Morgan fingerprint density at radius 1 is 1.14 bits per heavy atom. The van der Waals surface area contributed by atoms with Gasteiger partial charge in [0.2, 0.25) is 5.95 Å². The maximum atomic E-state index is 12.2. The van der Waals surface area contributed by atoms with Crippen molar-refractivity contribution in [2.75, 3.05) is 17.2 Å². The summed E-state index contributed by atoms with van der Waals surface area (Å²) in [4.78, 5) is 36.5. The summed E-state index contributed by atoms with van der Waals surface area (Å²) in [5, 5.41) is 7.89. The number of hydrogen-bond donors (Lipinski definition) is 2. The molecule has 0 saturated carbocycles. The van der Waals surface area contributed by atoms with E-state index >= 15 is 0 Å². The molecule has 3 aromatic rings. The fraction of sp³-hybridized carbons (Fsp3) is 0.211. The van der Waals surface area contributed by atoms with Crippen molar-refractivity contribution >= 4 is 34.3 Å². The zero-order chi connectivity index (χ0) is 19.8. The first-order chi connectivity index (χ1) is 13.6. The lowest BCUT2D eigenvalue weighted by Gasteiger charge is -2.12. The third-order valence-electron chi connectivity index (χ3n) is 3.66. The number of benzene rings is 1. The molecule has 0 radical (unpaired) electrons. The summed E-state index contributed by atoms with van der Waals surface area (Å²) < 4.78 is 5.16. The molecular formula is C19H19N5O3S. The number of aromatic nitrogens is 3. The van der Waals surface area contributed by atoms with Gasteiger partial charge >= 0.3 is 5.97 Å². The molecule has 0 bridgehead atoms. The summed E-state index contributed by atoms with van der Waals surface area (Å²) in [6.07, 6.45) is 2.36. The molecular weight excluding hydrogens is 378 g/mol. The summed E-state index contributed by atoms with van der Waals surface area (Å²) in [5.41, 5.74) is 1.74. The molecule has 0 spiro atoms. The fourth-order valence-corrected chi connectivity index (χ4v) is 2.98. The average molecular weight is 397 g/mol. The normalized spacial score (nSPS) is 11.5. The van der Waals surface area contributed by atoms with Crippen LogP contribution in [-0.4, -0.2) is 39.5 Å². The molecule has 3 rings (SSSR count). The maximum Gasteiger partial charge on any atom is 0.308 e. The Kier molecular flexibility index (Phi) is 6.64. The van der Waals surface area contributed by atoms with Crippen molar-refractivity contribution < 1.29 is 14.3 Å². The molecule has 2 N–H and O–H groups in total. The standard InChI is InChI=1S/C19H19N5O3S/c1-13(27-16(25)8-11-22-18-20-9-5-10-21-18)17(26)24-19-23-15(12-28-19)14-6-3-2-4-7-14/h2-7,9-10,12-13H,8,11H2,1H3,(H,20,21,22)(H,23,24,26). The van der Waals surface area contributed by atoms with Crippen molar-refractivity contribution in [3.8, 4) is 11.3 Å². The minimum Gasteiger partial charge on any atom is -0.452 e. The minimum absolute atomic E-state index is 0.0886. The largest absolute Gasteiger partial charge is 0.452 e. The van der Waals surface area contributed by atoms with Gasteiger partial charge in [0.25, 0.3) is 5.91 Å². The quantitative estimate of drug-likeness (QED) is 0.563. The van der Waals surface area contributed by atoms with Crippen molar-refractivity contribution in [2.24, 2.45) is 0 Å². The summed E-state index contributed by atoms with van der Waals surface area (Å²) in [5.74, 6) is -0.490. The van der Waals surface area contributed by atoms with E-state index in [1.807, 2.05) is 35.7 Å². The zero-order valence-corrected chi connectivity index (χ0v) is 16.0. The van der Waals surface area contributed by atoms with Crippen LogP contribution in [0.4, 0.5) is 11.1 Å². The molecule has 2 aromatic heterocycles. The number of thiazole rings is 1. The first-order valence-electron chi connectivity index (χ1n) is 8.64. The lowest BCUT2D eigenvalue weighted by molar-refractivity contribution is -0.152. The smallest absolute Gasteiger partial charge is 0.308 e. The molecule has 0 fully saturated rings. The van der Waals surface area contributed by atoms with E-state index < -0.39 is 18.0 Å². The van der Waals surface area contributed by atoms with Gasteiger partial charge in [0.05, 0.1) is 12.1 Å². The summed E-state index contributed by atoms with van der Waals surface area (Å²) in [7, 11) is 0. The van der Waals surface area contributed by atoms with Gasteiger partial charge in [-0.15, -0.1) is 11.3 Å². The second-order valence-electron chi connectivity index (χ2n) is 5.77. The number of carbonyl (C=O) groups excluding carboxylic acids is 2. The summed E-state index contributed by atoms with van der Waals surface area (Å²) >= 11 is 1.31. The summed E-state index contributed by atoms with van der Waals surface area (Å²) in [6, 6.07) is 11.4. The Morgan fingerprint density at radius 3 is 2.64 bits per heavy atom. The Bertz CT molecular complexity index is 918. The molecule has 8 nitrogen and oxygen atoms in total. The maximum absolute atomic E-state index is 12.2. The molecule has 0 aliphatic carbocycles. The van der Waals surface area contributed by atoms with E-state index in [2.05, 4.69) is 25.6 Å². The van der Waals surface area contributed by atoms with Crippen LogP contribution in [-0.2, 0) is 14.3 Å². The number of hydrogen-bond acceptors (Lipinski definition) is 8. The van der Waals surface area contributed by atoms with Gasteiger partial charge in [0, 0.05) is 29.9 Å². The van der Waals surface area contributed by atoms with Crippen molar-refractivity contribution in [1.29, 1.82) is 0 Å². The van der Waals surface area contributed by atoms with E-state index in [9.17, 15) is 9.59 Å². The SMILES string of the molecule is CC(OC(=O)CCNc1ncccn1)C(=O)Nc1nc(-c2ccccc2)cs1. The van der Waals surface area contributed by atoms with E-state index in [4.69, 9.17) is 4.74 Å². The molecule has 1 aromatic carbocycles. The molecule has 1 amide bonds. The first kappa shape index (κ1) is 19.4. The van der Waals surface area contributed by atoms with Crippen LogP contribution in [0.25, 0.3) is 11.3 Å². The Morgan fingerprint density at radius 2 is 1.89 bits per heavy atom. The topological polar surface area (TPSA) is 106 Å². The Labute approximate surface area is 166 Å². The highest BCUT2D eigenvalue weighted by Gasteiger charge is 2.19. The number of anilines is 2. The number of esters is 1.